The second-order valence-electron chi connectivity index (χ2n) is 8.54. The van der Waals surface area contributed by atoms with Crippen molar-refractivity contribution in [3.05, 3.63) is 65.5 Å². The topological polar surface area (TPSA) is 62.7 Å². The summed E-state index contributed by atoms with van der Waals surface area (Å²) in [4.78, 5) is 34.1. The van der Waals surface area contributed by atoms with E-state index in [1.807, 2.05) is 17.0 Å². The van der Waals surface area contributed by atoms with E-state index in [1.54, 1.807) is 41.6 Å². The zero-order valence-corrected chi connectivity index (χ0v) is 18.3. The third-order valence-corrected chi connectivity index (χ3v) is 6.28. The van der Waals surface area contributed by atoms with E-state index in [9.17, 15) is 9.59 Å². The molecule has 0 spiro atoms. The van der Waals surface area contributed by atoms with Gasteiger partial charge in [-0.15, -0.1) is 6.42 Å². The molecule has 1 aliphatic carbocycles. The smallest absolute Gasteiger partial charge is 0.254 e. The van der Waals surface area contributed by atoms with Gasteiger partial charge in [-0.1, -0.05) is 31.2 Å². The fourth-order valence-electron chi connectivity index (χ4n) is 4.57. The minimum atomic E-state index is -0.267. The molecule has 2 amide bonds. The van der Waals surface area contributed by atoms with Gasteiger partial charge >= 0.3 is 0 Å². The van der Waals surface area contributed by atoms with Crippen LogP contribution < -0.4 is 0 Å². The van der Waals surface area contributed by atoms with E-state index < -0.39 is 0 Å². The number of ether oxygens (including phenoxy) is 1. The highest BCUT2D eigenvalue weighted by Crippen LogP contribution is 2.25. The predicted molar refractivity (Wildman–Crippen MR) is 122 cm³/mol. The zero-order chi connectivity index (χ0) is 22.3. The highest BCUT2D eigenvalue weighted by atomic mass is 16.5. The molecule has 1 saturated carbocycles. The number of aromatic nitrogens is 1. The molecule has 2 aromatic rings. The van der Waals surface area contributed by atoms with Gasteiger partial charge < -0.3 is 14.5 Å². The lowest BCUT2D eigenvalue weighted by Gasteiger charge is -2.34. The van der Waals surface area contributed by atoms with Gasteiger partial charge in [-0.2, -0.15) is 0 Å². The first-order valence-corrected chi connectivity index (χ1v) is 11.3. The van der Waals surface area contributed by atoms with Crippen LogP contribution in [0.15, 0.2) is 48.8 Å². The van der Waals surface area contributed by atoms with Crippen LogP contribution in [0.2, 0.25) is 0 Å². The molecule has 6 nitrogen and oxygen atoms in total. The normalized spacial score (nSPS) is 20.0. The monoisotopic (exact) mass is 431 g/mol. The molecule has 2 aliphatic rings. The third kappa shape index (κ3) is 5.35. The number of hydrogen-bond donors (Lipinski definition) is 0. The Morgan fingerprint density at radius 1 is 1.12 bits per heavy atom. The summed E-state index contributed by atoms with van der Waals surface area (Å²) in [5.74, 6) is 2.37. The van der Waals surface area contributed by atoms with E-state index in [1.165, 1.54) is 6.42 Å². The molecule has 0 radical (unpaired) electrons. The number of carbonyl (C=O) groups excluding carboxylic acids is 2. The lowest BCUT2D eigenvalue weighted by molar-refractivity contribution is -0.134. The first-order chi connectivity index (χ1) is 15.6. The van der Waals surface area contributed by atoms with E-state index in [0.29, 0.717) is 30.8 Å². The molecule has 1 saturated heterocycles. The van der Waals surface area contributed by atoms with Crippen molar-refractivity contribution in [3.63, 3.8) is 0 Å². The van der Waals surface area contributed by atoms with Crippen LogP contribution in [-0.2, 0) is 16.1 Å². The Labute approximate surface area is 189 Å². The number of hydrogen-bond acceptors (Lipinski definition) is 4. The quantitative estimate of drug-likeness (QED) is 0.682. The Balaban J connectivity index is 1.54. The van der Waals surface area contributed by atoms with Crippen molar-refractivity contribution < 1.29 is 14.3 Å². The highest BCUT2D eigenvalue weighted by Gasteiger charge is 2.35. The maximum Gasteiger partial charge on any atom is 0.254 e. The molecule has 1 atom stereocenters. The van der Waals surface area contributed by atoms with Crippen molar-refractivity contribution in [3.8, 4) is 12.3 Å². The summed E-state index contributed by atoms with van der Waals surface area (Å²) >= 11 is 0. The molecule has 0 N–H and O–H groups in total. The van der Waals surface area contributed by atoms with Gasteiger partial charge in [0.25, 0.3) is 5.91 Å². The van der Waals surface area contributed by atoms with E-state index in [0.717, 1.165) is 31.2 Å². The molecular formula is C26H29N3O3. The summed E-state index contributed by atoms with van der Waals surface area (Å²) in [5.41, 5.74) is 2.15. The molecule has 32 heavy (non-hydrogen) atoms. The first kappa shape index (κ1) is 22.0. The van der Waals surface area contributed by atoms with Crippen molar-refractivity contribution in [1.29, 1.82) is 0 Å². The number of benzene rings is 1. The standard InChI is InChI=1S/C26H29N3O3/c1-2-20-7-6-8-22(15-20)26(31)28-16-24(32-19-21-11-13-27-14-12-21)17-29(25(30)18-28)23-9-4-3-5-10-23/h1,6-8,11-15,23-24H,3-5,9-10,16-19H2/t24-/m0/s1. The summed E-state index contributed by atoms with van der Waals surface area (Å²) in [6.45, 7) is 1.33. The number of amides is 2. The van der Waals surface area contributed by atoms with Gasteiger partial charge in [-0.05, 0) is 48.7 Å². The van der Waals surface area contributed by atoms with Crippen LogP contribution in [0.4, 0.5) is 0 Å². The number of rotatable bonds is 5. The first-order valence-electron chi connectivity index (χ1n) is 11.3. The van der Waals surface area contributed by atoms with Gasteiger partial charge in [0.1, 0.15) is 6.54 Å². The van der Waals surface area contributed by atoms with Crippen LogP contribution in [0.1, 0.15) is 53.6 Å². The molecular weight excluding hydrogens is 402 g/mol. The maximum atomic E-state index is 13.3. The van der Waals surface area contributed by atoms with Crippen LogP contribution in [-0.4, -0.2) is 58.4 Å². The molecule has 2 fully saturated rings. The van der Waals surface area contributed by atoms with Crippen molar-refractivity contribution in [2.75, 3.05) is 19.6 Å². The summed E-state index contributed by atoms with van der Waals surface area (Å²) in [6, 6.07) is 11.0. The van der Waals surface area contributed by atoms with E-state index in [4.69, 9.17) is 11.2 Å². The number of nitrogens with zero attached hydrogens (tertiary/aromatic N) is 3. The highest BCUT2D eigenvalue weighted by molar-refractivity contribution is 5.97. The summed E-state index contributed by atoms with van der Waals surface area (Å²) in [6.07, 6.45) is 14.2. The average molecular weight is 432 g/mol. The fraction of sp³-hybridized carbons (Fsp3) is 0.423. The third-order valence-electron chi connectivity index (χ3n) is 6.28. The molecule has 2 heterocycles. The van der Waals surface area contributed by atoms with Crippen molar-refractivity contribution in [1.82, 2.24) is 14.8 Å². The van der Waals surface area contributed by atoms with Gasteiger partial charge in [0.05, 0.1) is 12.7 Å². The largest absolute Gasteiger partial charge is 0.370 e. The Bertz CT molecular complexity index is 979. The molecule has 1 aromatic heterocycles. The number of carbonyl (C=O) groups is 2. The van der Waals surface area contributed by atoms with E-state index >= 15 is 0 Å². The van der Waals surface area contributed by atoms with E-state index in [-0.39, 0.29) is 30.5 Å². The number of pyridine rings is 1. The van der Waals surface area contributed by atoms with Crippen LogP contribution in [0, 0.1) is 12.3 Å². The van der Waals surface area contributed by atoms with Gasteiger partial charge in [0.15, 0.2) is 0 Å². The molecule has 1 aromatic carbocycles. The van der Waals surface area contributed by atoms with Crippen molar-refractivity contribution in [2.24, 2.45) is 0 Å². The average Bonchev–Trinajstić information content (AvgIpc) is 3.02. The van der Waals surface area contributed by atoms with Gasteiger partial charge in [0.2, 0.25) is 5.91 Å². The molecule has 0 bridgehead atoms. The Hall–Kier alpha value is -3.17. The van der Waals surface area contributed by atoms with Crippen LogP contribution in [0.3, 0.4) is 0 Å². The second kappa shape index (κ2) is 10.4. The van der Waals surface area contributed by atoms with Crippen molar-refractivity contribution >= 4 is 11.8 Å². The molecule has 166 valence electrons. The minimum Gasteiger partial charge on any atom is -0.370 e. The maximum absolute atomic E-state index is 13.3. The molecule has 0 unspecified atom stereocenters. The van der Waals surface area contributed by atoms with Crippen molar-refractivity contribution in [2.45, 2.75) is 50.9 Å². The van der Waals surface area contributed by atoms with Gasteiger partial charge in [-0.3, -0.25) is 14.6 Å². The lowest BCUT2D eigenvalue weighted by atomic mass is 9.94. The van der Waals surface area contributed by atoms with Crippen LogP contribution in [0.5, 0.6) is 0 Å². The summed E-state index contributed by atoms with van der Waals surface area (Å²) in [5, 5.41) is 0. The van der Waals surface area contributed by atoms with Crippen LogP contribution in [0.25, 0.3) is 0 Å². The second-order valence-corrected chi connectivity index (χ2v) is 8.54. The Kier molecular flexibility index (Phi) is 7.18. The fourth-order valence-corrected chi connectivity index (χ4v) is 4.57. The lowest BCUT2D eigenvalue weighted by Crippen LogP contribution is -2.46. The molecule has 6 heteroatoms. The summed E-state index contributed by atoms with van der Waals surface area (Å²) < 4.78 is 6.23. The minimum absolute atomic E-state index is 0.00614. The van der Waals surface area contributed by atoms with Gasteiger partial charge in [-0.25, -0.2) is 0 Å². The van der Waals surface area contributed by atoms with Crippen LogP contribution >= 0.6 is 0 Å². The molecule has 4 rings (SSSR count). The van der Waals surface area contributed by atoms with E-state index in [2.05, 4.69) is 10.9 Å². The van der Waals surface area contributed by atoms with Gasteiger partial charge in [0, 0.05) is 42.7 Å². The zero-order valence-electron chi connectivity index (χ0n) is 18.3. The predicted octanol–water partition coefficient (Wildman–Crippen LogP) is 3.27. The SMILES string of the molecule is C#Cc1cccc(C(=O)N2CC(=O)N(C3CCCCC3)C[C@@H](OCc3ccncc3)C2)c1. The molecule has 1 aliphatic heterocycles. The summed E-state index contributed by atoms with van der Waals surface area (Å²) in [7, 11) is 0. The Morgan fingerprint density at radius 3 is 2.66 bits per heavy atom. The Morgan fingerprint density at radius 2 is 1.91 bits per heavy atom. The number of terminal acetylenes is 1.